The first kappa shape index (κ1) is 115. The quantitative estimate of drug-likeness (QED) is 0.0201. The molecule has 8 aromatic heterocycles. The van der Waals surface area contributed by atoms with Crippen LogP contribution in [0.2, 0.25) is 0 Å². The number of hydrogen-bond acceptors (Lipinski definition) is 35. The molecule has 13 heterocycles. The highest BCUT2D eigenvalue weighted by Gasteiger charge is 2.42. The monoisotopic (exact) mass is 2020 g/mol. The van der Waals surface area contributed by atoms with Crippen molar-refractivity contribution in [3.05, 3.63) is 41.4 Å². The van der Waals surface area contributed by atoms with Gasteiger partial charge in [0.15, 0.2) is 44.7 Å². The summed E-state index contributed by atoms with van der Waals surface area (Å²) >= 11 is 0. The van der Waals surface area contributed by atoms with E-state index in [2.05, 4.69) is 129 Å². The topological polar surface area (TPSA) is 568 Å². The van der Waals surface area contributed by atoms with Gasteiger partial charge in [0.05, 0.1) is 46.5 Å². The molecule has 8 aromatic rings. The molecular formula is C81H104F12N28O20. The number of alkyl halides is 12. The van der Waals surface area contributed by atoms with Crippen molar-refractivity contribution in [2.24, 2.45) is 28.2 Å². The fourth-order valence-corrected chi connectivity index (χ4v) is 13.5. The number of nitrogens with zero attached hydrogens (tertiary/aromatic N) is 22. The molecule has 60 heteroatoms. The Morgan fingerprint density at radius 2 is 0.688 bits per heavy atom. The molecule has 0 amide bonds. The van der Waals surface area contributed by atoms with E-state index in [0.717, 1.165) is 111 Å². The van der Waals surface area contributed by atoms with Crippen molar-refractivity contribution in [3.63, 3.8) is 0 Å². The number of piperazine rings is 4. The van der Waals surface area contributed by atoms with Crippen LogP contribution >= 0.6 is 0 Å². The molecule has 0 aromatic carbocycles. The third-order valence-corrected chi connectivity index (χ3v) is 20.1. The maximum Gasteiger partial charge on any atom is 0.490 e. The van der Waals surface area contributed by atoms with Gasteiger partial charge in [0.1, 0.15) is 25.7 Å². The average molecular weight is 2020 g/mol. The summed E-state index contributed by atoms with van der Waals surface area (Å²) in [5.74, 6) is 14.4. The summed E-state index contributed by atoms with van der Waals surface area (Å²) in [6.45, 7) is 25.8. The highest BCUT2D eigenvalue weighted by molar-refractivity contribution is 5.84. The minimum absolute atomic E-state index is 0.00764. The van der Waals surface area contributed by atoms with E-state index >= 15 is 0 Å². The number of carbonyl (C=O) groups is 8. The highest BCUT2D eigenvalue weighted by atomic mass is 19.4. The van der Waals surface area contributed by atoms with Gasteiger partial charge in [-0.25, -0.2) is 24.0 Å². The lowest BCUT2D eigenvalue weighted by molar-refractivity contribution is -0.193. The zero-order chi connectivity index (χ0) is 105. The van der Waals surface area contributed by atoms with Crippen LogP contribution in [0.3, 0.4) is 0 Å². The van der Waals surface area contributed by atoms with Gasteiger partial charge in [-0.2, -0.15) is 92.6 Å². The number of methoxy groups -OCH3 is 1. The maximum atomic E-state index is 13.4. The van der Waals surface area contributed by atoms with Gasteiger partial charge in [-0.15, -0.1) is 23.7 Å². The van der Waals surface area contributed by atoms with Crippen LogP contribution in [-0.2, 0) is 107 Å². The molecule has 772 valence electrons. The number of hydrogen-bond donors (Lipinski definition) is 11. The van der Waals surface area contributed by atoms with Gasteiger partial charge in [-0.05, 0) is 54.4 Å². The van der Waals surface area contributed by atoms with Gasteiger partial charge in [-0.1, -0.05) is 23.7 Å². The molecule has 141 heavy (non-hydrogen) atoms. The number of imidazole rings is 4. The average Bonchev–Trinajstić information content (AvgIpc) is 1.61. The summed E-state index contributed by atoms with van der Waals surface area (Å²) in [7, 11) is 9.55. The minimum Gasteiger partial charge on any atom is -0.480 e. The number of carboxylic acid groups (broad SMARTS) is 5. The van der Waals surface area contributed by atoms with E-state index in [1.807, 2.05) is 18.6 Å². The van der Waals surface area contributed by atoms with Gasteiger partial charge in [-0.3, -0.25) is 70.1 Å². The van der Waals surface area contributed by atoms with Crippen molar-refractivity contribution >= 4 is 140 Å². The van der Waals surface area contributed by atoms with Crippen LogP contribution in [0.25, 0.3) is 44.7 Å². The molecular weight excluding hydrogens is 1910 g/mol. The standard InChI is InChI=1S/C20H27N7O3.C19H27N7O3.C18H25N7O3.C16H21N7O3.4C2HF3O2/c1-4-5-10-27-15-16(23-20(27)25-12-8-21-9-13-25)22-19(24(2)17(15)28)26-11-6-7-14(26)18(29)30-3;1-5-7-10-26-15-16(22-19(26)25-11-8-20-9-12-25)21-18(24(4)17(15)28)23(3)13-14(27)29-6-2;1-4-6-9-25-14-15(22-18(25)24-10-7-19-8-11-24)21-17(23(3)16(14)27)20-12-13(26)28-5-2;1-3-4-7-23-12-13(20-16(23)22-8-5-17-6-9-22)19-15(18-10-11(24)25)21(2)14(12)26;4*3-2(4,5)1(6)7/h14,21H,6-13H2,1-3H3;20H,6,8-13H2,1-4H3;19H,5,7-12H2,1-3H3,(H,20,21);17H,5-10H2,1-2H3,(H,18,19)(H,24,25);4*(H,6,7)/t14-;;;;;;;/m0......./s1. The van der Waals surface area contributed by atoms with Crippen LogP contribution in [0.1, 0.15) is 54.4 Å². The van der Waals surface area contributed by atoms with Gasteiger partial charge in [0.2, 0.25) is 47.6 Å². The van der Waals surface area contributed by atoms with Crippen LogP contribution in [0, 0.1) is 47.4 Å². The summed E-state index contributed by atoms with van der Waals surface area (Å²) in [6.07, 6.45) is -18.8. The van der Waals surface area contributed by atoms with Crippen molar-refractivity contribution in [1.82, 2.24) is 97.7 Å². The number of halogens is 12. The SMILES string of the molecule is CC#CCn1c(N2CCNCC2)nc2nc(N(C)CC(=O)OCC)n(C)c(=O)c21.CC#CCn1c(N2CCNCC2)nc2nc(N3CCC[C@H]3C(=O)OC)n(C)c(=O)c21.CC#CCn1c(N2CCNCC2)nc2nc(NCC(=O)O)n(C)c(=O)c21.CC#CCn1c(N2CCNCC2)nc2nc(NCC(=O)OCC)n(C)c(=O)c21.O=C(O)C(F)(F)F.O=C(O)C(F)(F)F.O=C(O)C(F)(F)F.O=C(O)C(F)(F)F. The number of aliphatic carboxylic acids is 5. The zero-order valence-corrected chi connectivity index (χ0v) is 78.1. The second-order valence-electron chi connectivity index (χ2n) is 29.6. The van der Waals surface area contributed by atoms with Crippen molar-refractivity contribution in [2.45, 2.75) is 111 Å². The smallest absolute Gasteiger partial charge is 0.480 e. The molecule has 0 saturated carbocycles. The van der Waals surface area contributed by atoms with E-state index in [1.165, 1.54) is 25.4 Å². The van der Waals surface area contributed by atoms with Gasteiger partial charge in [0.25, 0.3) is 22.2 Å². The Morgan fingerprint density at radius 1 is 0.411 bits per heavy atom. The predicted molar refractivity (Wildman–Crippen MR) is 484 cm³/mol. The number of rotatable bonds is 21. The van der Waals surface area contributed by atoms with Crippen molar-refractivity contribution in [1.29, 1.82) is 0 Å². The van der Waals surface area contributed by atoms with Gasteiger partial charge >= 0.3 is 72.5 Å². The van der Waals surface area contributed by atoms with E-state index in [-0.39, 0.29) is 71.4 Å². The summed E-state index contributed by atoms with van der Waals surface area (Å²) in [4.78, 5) is 183. The molecule has 5 saturated heterocycles. The van der Waals surface area contributed by atoms with E-state index in [4.69, 9.17) is 68.9 Å². The fourth-order valence-electron chi connectivity index (χ4n) is 13.5. The number of fused-ring (bicyclic) bond motifs is 4. The number of esters is 3. The molecule has 5 aliphatic rings. The van der Waals surface area contributed by atoms with Crippen molar-refractivity contribution < 1.29 is 131 Å². The summed E-state index contributed by atoms with van der Waals surface area (Å²) < 4.78 is 155. The maximum absolute atomic E-state index is 13.4. The zero-order valence-electron chi connectivity index (χ0n) is 78.1. The molecule has 0 bridgehead atoms. The van der Waals surface area contributed by atoms with Crippen LogP contribution < -0.4 is 83.5 Å². The molecule has 11 N–H and O–H groups in total. The third-order valence-electron chi connectivity index (χ3n) is 20.1. The summed E-state index contributed by atoms with van der Waals surface area (Å²) in [6, 6.07) is -0.439. The molecule has 0 unspecified atom stereocenters. The molecule has 1 atom stereocenters. The molecule has 48 nitrogen and oxygen atoms in total. The Bertz CT molecular complexity index is 6190. The minimum atomic E-state index is -5.08. The van der Waals surface area contributed by atoms with E-state index in [1.54, 1.807) is 86.2 Å². The second-order valence-corrected chi connectivity index (χ2v) is 29.6. The number of carboxylic acids is 5. The summed E-state index contributed by atoms with van der Waals surface area (Å²) in [5, 5.41) is 56.1. The number of ether oxygens (including phenoxy) is 3. The van der Waals surface area contributed by atoms with Gasteiger partial charge in [0, 0.05) is 146 Å². The highest BCUT2D eigenvalue weighted by Crippen LogP contribution is 2.30. The largest absolute Gasteiger partial charge is 0.490 e. The number of carbonyl (C=O) groups excluding carboxylic acids is 3. The van der Waals surface area contributed by atoms with Crippen LogP contribution in [-0.4, -0.2) is 339 Å². The lowest BCUT2D eigenvalue weighted by Gasteiger charge is -2.28. The van der Waals surface area contributed by atoms with Crippen LogP contribution in [0.5, 0.6) is 0 Å². The Kier molecular flexibility index (Phi) is 42.7. The van der Waals surface area contributed by atoms with Crippen molar-refractivity contribution in [2.75, 3.05) is 198 Å². The number of anilines is 8. The first-order chi connectivity index (χ1) is 66.4. The lowest BCUT2D eigenvalue weighted by atomic mass is 10.2. The molecule has 0 aliphatic carbocycles. The second kappa shape index (κ2) is 52.5. The summed E-state index contributed by atoms with van der Waals surface area (Å²) in [5.41, 5.74) is 2.00. The Balaban J connectivity index is 0.000000263. The normalized spacial score (nSPS) is 14.5. The molecule has 0 radical (unpaired) electrons. The van der Waals surface area contributed by atoms with Crippen molar-refractivity contribution in [3.8, 4) is 47.4 Å². The van der Waals surface area contributed by atoms with Crippen LogP contribution in [0.15, 0.2) is 19.2 Å². The van der Waals surface area contributed by atoms with E-state index in [0.29, 0.717) is 127 Å². The molecule has 0 spiro atoms. The van der Waals surface area contributed by atoms with E-state index < -0.39 is 66.6 Å². The molecule has 5 fully saturated rings. The van der Waals surface area contributed by atoms with Crippen LogP contribution in [0.4, 0.5) is 100 Å². The predicted octanol–water partition coefficient (Wildman–Crippen LogP) is 0.397. The third kappa shape index (κ3) is 31.4. The number of aromatic nitrogens is 16. The lowest BCUT2D eigenvalue weighted by Crippen LogP contribution is -2.44. The number of nitrogens with one attached hydrogen (secondary N) is 6. The van der Waals surface area contributed by atoms with E-state index in [9.17, 15) is 91.0 Å². The Labute approximate surface area is 792 Å². The fraction of sp³-hybridized carbons (Fsp3) is 0.556. The first-order valence-corrected chi connectivity index (χ1v) is 42.5. The Hall–Kier alpha value is -15.2. The molecule has 5 aliphatic heterocycles. The van der Waals surface area contributed by atoms with Gasteiger partial charge < -0.3 is 101 Å². The first-order valence-electron chi connectivity index (χ1n) is 42.5. The molecule has 13 rings (SSSR count). The number of likely N-dealkylation sites (N-methyl/N-ethyl adjacent to an activating group) is 1. The Morgan fingerprint density at radius 3 is 0.979 bits per heavy atom.